The maximum absolute atomic E-state index is 13.0. The highest BCUT2D eigenvalue weighted by atomic mass is 32.2. The van der Waals surface area contributed by atoms with Gasteiger partial charge in [0.2, 0.25) is 15.9 Å². The van der Waals surface area contributed by atoms with Crippen molar-refractivity contribution in [3.05, 3.63) is 41.2 Å². The monoisotopic (exact) mass is 432 g/mol. The quantitative estimate of drug-likeness (QED) is 0.784. The Morgan fingerprint density at radius 3 is 2.20 bits per heavy atom. The van der Waals surface area contributed by atoms with Crippen LogP contribution in [0.25, 0.3) is 0 Å². The van der Waals surface area contributed by atoms with Crippen LogP contribution in [0.1, 0.15) is 50.1 Å². The molecule has 1 aliphatic heterocycles. The summed E-state index contributed by atoms with van der Waals surface area (Å²) in [7, 11) is -1.67. The summed E-state index contributed by atoms with van der Waals surface area (Å²) in [6.45, 7) is 11.0. The minimum Gasteiger partial charge on any atom is -0.326 e. The molecule has 2 heterocycles. The lowest BCUT2D eigenvalue weighted by Crippen LogP contribution is -2.42. The van der Waals surface area contributed by atoms with Crippen LogP contribution in [-0.4, -0.2) is 41.5 Å². The highest BCUT2D eigenvalue weighted by Gasteiger charge is 2.31. The molecule has 0 unspecified atom stereocenters. The van der Waals surface area contributed by atoms with E-state index in [9.17, 15) is 13.2 Å². The second kappa shape index (κ2) is 8.51. The van der Waals surface area contributed by atoms with E-state index in [1.54, 1.807) is 33.3 Å². The molecular weight excluding hydrogens is 400 g/mol. The first-order valence-corrected chi connectivity index (χ1v) is 11.9. The van der Waals surface area contributed by atoms with Gasteiger partial charge in [0.1, 0.15) is 0 Å². The van der Waals surface area contributed by atoms with Crippen LogP contribution in [0.2, 0.25) is 0 Å². The Hall–Kier alpha value is -2.19. The summed E-state index contributed by atoms with van der Waals surface area (Å²) < 4.78 is 29.4. The van der Waals surface area contributed by atoms with E-state index in [0.717, 1.165) is 23.4 Å². The third kappa shape index (κ3) is 4.44. The van der Waals surface area contributed by atoms with Gasteiger partial charge in [0, 0.05) is 37.1 Å². The molecule has 0 saturated carbocycles. The van der Waals surface area contributed by atoms with E-state index in [0.29, 0.717) is 30.6 Å². The zero-order valence-corrected chi connectivity index (χ0v) is 19.5. The number of hydrogen-bond acceptors (Lipinski definition) is 4. The smallest absolute Gasteiger partial charge is 0.243 e. The summed E-state index contributed by atoms with van der Waals surface area (Å²) in [5, 5.41) is 7.27. The molecule has 0 aliphatic carbocycles. The van der Waals surface area contributed by atoms with E-state index < -0.39 is 10.0 Å². The molecule has 1 aliphatic rings. The lowest BCUT2D eigenvalue weighted by molar-refractivity contribution is -0.117. The van der Waals surface area contributed by atoms with Crippen LogP contribution in [0.4, 0.5) is 5.69 Å². The van der Waals surface area contributed by atoms with Gasteiger partial charge in [0.05, 0.1) is 16.5 Å². The fourth-order valence-corrected chi connectivity index (χ4v) is 6.14. The SMILES string of the molecule is Cc1nn(C)c(C)c1[C@@H](C)C(=O)Nc1ccc(S(=O)(=O)N2C[C@H](C)C[C@H](C)C2)cc1. The van der Waals surface area contributed by atoms with E-state index in [2.05, 4.69) is 24.3 Å². The molecule has 1 aromatic carbocycles. The van der Waals surface area contributed by atoms with Crippen molar-refractivity contribution in [2.24, 2.45) is 18.9 Å². The fourth-order valence-electron chi connectivity index (χ4n) is 4.46. The van der Waals surface area contributed by atoms with Crippen molar-refractivity contribution in [2.75, 3.05) is 18.4 Å². The summed E-state index contributed by atoms with van der Waals surface area (Å²) in [6, 6.07) is 6.44. The van der Waals surface area contributed by atoms with Gasteiger partial charge < -0.3 is 5.32 Å². The third-order valence-electron chi connectivity index (χ3n) is 5.99. The van der Waals surface area contributed by atoms with E-state index in [-0.39, 0.29) is 16.7 Å². The number of carbonyl (C=O) groups is 1. The number of aryl methyl sites for hydroxylation is 2. The minimum absolute atomic E-state index is 0.150. The van der Waals surface area contributed by atoms with Crippen LogP contribution in [-0.2, 0) is 21.9 Å². The molecule has 30 heavy (non-hydrogen) atoms. The highest BCUT2D eigenvalue weighted by molar-refractivity contribution is 7.89. The largest absolute Gasteiger partial charge is 0.326 e. The van der Waals surface area contributed by atoms with Crippen LogP contribution < -0.4 is 5.32 Å². The number of carbonyl (C=O) groups excluding carboxylic acids is 1. The van der Waals surface area contributed by atoms with Gasteiger partial charge in [-0.2, -0.15) is 9.40 Å². The van der Waals surface area contributed by atoms with Gasteiger partial charge in [-0.1, -0.05) is 13.8 Å². The predicted molar refractivity (Wildman–Crippen MR) is 118 cm³/mol. The molecule has 0 spiro atoms. The van der Waals surface area contributed by atoms with Crippen molar-refractivity contribution < 1.29 is 13.2 Å². The summed E-state index contributed by atoms with van der Waals surface area (Å²) in [4.78, 5) is 13.0. The Morgan fingerprint density at radius 1 is 1.13 bits per heavy atom. The number of rotatable bonds is 5. The van der Waals surface area contributed by atoms with Crippen molar-refractivity contribution in [1.82, 2.24) is 14.1 Å². The van der Waals surface area contributed by atoms with Gasteiger partial charge in [-0.05, 0) is 63.3 Å². The number of anilines is 1. The molecule has 0 radical (unpaired) electrons. The van der Waals surface area contributed by atoms with Gasteiger partial charge in [-0.15, -0.1) is 0 Å². The predicted octanol–water partition coefficient (Wildman–Crippen LogP) is 3.45. The van der Waals surface area contributed by atoms with Crippen LogP contribution in [0.15, 0.2) is 29.2 Å². The molecule has 1 saturated heterocycles. The number of piperidine rings is 1. The zero-order chi connectivity index (χ0) is 22.2. The first-order valence-electron chi connectivity index (χ1n) is 10.4. The number of amides is 1. The second-order valence-corrected chi connectivity index (χ2v) is 10.6. The first kappa shape index (κ1) is 22.5. The normalized spacial score (nSPS) is 21.4. The van der Waals surface area contributed by atoms with Gasteiger partial charge >= 0.3 is 0 Å². The van der Waals surface area contributed by atoms with E-state index in [1.807, 2.05) is 27.8 Å². The van der Waals surface area contributed by atoms with Crippen LogP contribution in [0, 0.1) is 25.7 Å². The summed E-state index contributed by atoms with van der Waals surface area (Å²) >= 11 is 0. The number of benzene rings is 1. The number of nitrogens with one attached hydrogen (secondary N) is 1. The Labute approximate surface area is 179 Å². The third-order valence-corrected chi connectivity index (χ3v) is 7.83. The molecular formula is C22H32N4O3S. The van der Waals surface area contributed by atoms with Gasteiger partial charge in [-0.25, -0.2) is 8.42 Å². The number of sulfonamides is 1. The molecule has 1 N–H and O–H groups in total. The van der Waals surface area contributed by atoms with Crippen LogP contribution >= 0.6 is 0 Å². The molecule has 164 valence electrons. The van der Waals surface area contributed by atoms with Gasteiger partial charge in [0.15, 0.2) is 0 Å². The maximum Gasteiger partial charge on any atom is 0.243 e. The molecule has 7 nitrogen and oxygen atoms in total. The molecule has 3 rings (SSSR count). The lowest BCUT2D eigenvalue weighted by atomic mass is 9.94. The standard InChI is InChI=1S/C22H32N4O3S/c1-14-11-15(2)13-26(12-14)30(28,29)20-9-7-19(8-10-20)23-22(27)16(3)21-17(4)24-25(6)18(21)5/h7-10,14-16H,11-13H2,1-6H3,(H,23,27)/t14-,15+,16-/m1/s1. The molecule has 1 fully saturated rings. The van der Waals surface area contributed by atoms with E-state index in [4.69, 9.17) is 0 Å². The highest BCUT2D eigenvalue weighted by Crippen LogP contribution is 2.28. The molecule has 3 atom stereocenters. The van der Waals surface area contributed by atoms with E-state index in [1.165, 1.54) is 0 Å². The van der Waals surface area contributed by atoms with Crippen molar-refractivity contribution in [3.8, 4) is 0 Å². The van der Waals surface area contributed by atoms with E-state index >= 15 is 0 Å². The molecule has 2 aromatic rings. The average molecular weight is 433 g/mol. The molecule has 1 aromatic heterocycles. The Kier molecular flexibility index (Phi) is 6.38. The Bertz CT molecular complexity index is 1020. The van der Waals surface area contributed by atoms with Crippen molar-refractivity contribution in [2.45, 2.75) is 51.9 Å². The maximum atomic E-state index is 13.0. The topological polar surface area (TPSA) is 84.3 Å². The first-order chi connectivity index (χ1) is 14.0. The summed E-state index contributed by atoms with van der Waals surface area (Å²) in [5.41, 5.74) is 3.29. The molecule has 1 amide bonds. The van der Waals surface area contributed by atoms with Crippen molar-refractivity contribution in [3.63, 3.8) is 0 Å². The Balaban J connectivity index is 1.73. The second-order valence-electron chi connectivity index (χ2n) is 8.71. The zero-order valence-electron chi connectivity index (χ0n) is 18.6. The van der Waals surface area contributed by atoms with Gasteiger partial charge in [-0.3, -0.25) is 9.48 Å². The summed E-state index contributed by atoms with van der Waals surface area (Å²) in [5.74, 6) is 0.188. The average Bonchev–Trinajstić information content (AvgIpc) is 2.92. The minimum atomic E-state index is -3.53. The number of hydrogen-bond donors (Lipinski definition) is 1. The molecule has 8 heteroatoms. The van der Waals surface area contributed by atoms with Crippen molar-refractivity contribution in [1.29, 1.82) is 0 Å². The van der Waals surface area contributed by atoms with Crippen LogP contribution in [0.3, 0.4) is 0 Å². The lowest BCUT2D eigenvalue weighted by Gasteiger charge is -2.34. The number of aromatic nitrogens is 2. The fraction of sp³-hybridized carbons (Fsp3) is 0.545. The van der Waals surface area contributed by atoms with Crippen LogP contribution in [0.5, 0.6) is 0 Å². The molecule has 0 bridgehead atoms. The number of nitrogens with zero attached hydrogens (tertiary/aromatic N) is 3. The summed E-state index contributed by atoms with van der Waals surface area (Å²) in [6.07, 6.45) is 1.05. The van der Waals surface area contributed by atoms with Crippen molar-refractivity contribution >= 4 is 21.6 Å². The van der Waals surface area contributed by atoms with Gasteiger partial charge in [0.25, 0.3) is 0 Å². The Morgan fingerprint density at radius 2 is 1.70 bits per heavy atom.